The molecule has 9 heteroatoms. The van der Waals surface area contributed by atoms with E-state index in [-0.39, 0.29) is 36.8 Å². The van der Waals surface area contributed by atoms with Crippen LogP contribution in [-0.2, 0) is 11.2 Å². The van der Waals surface area contributed by atoms with Crippen LogP contribution in [0.25, 0.3) is 0 Å². The van der Waals surface area contributed by atoms with E-state index in [1.165, 1.54) is 22.5 Å². The van der Waals surface area contributed by atoms with E-state index in [9.17, 15) is 4.79 Å². The normalized spacial score (nSPS) is 15.2. The fourth-order valence-corrected chi connectivity index (χ4v) is 3.86. The molecule has 0 spiro atoms. The summed E-state index contributed by atoms with van der Waals surface area (Å²) in [5, 5.41) is 5.76. The molecule has 2 aromatic rings. The molecule has 2 heterocycles. The van der Waals surface area contributed by atoms with E-state index in [0.717, 1.165) is 31.3 Å². The average molecular weight is 447 g/mol. The Morgan fingerprint density at radius 1 is 1.29 bits per heavy atom. The van der Waals surface area contributed by atoms with Gasteiger partial charge >= 0.3 is 0 Å². The van der Waals surface area contributed by atoms with Crippen molar-refractivity contribution in [2.75, 3.05) is 39.4 Å². The molecule has 1 atom stereocenters. The zero-order valence-electron chi connectivity index (χ0n) is 15.9. The van der Waals surface area contributed by atoms with Crippen molar-refractivity contribution < 1.29 is 9.53 Å². The minimum Gasteiger partial charge on any atom is -0.379 e. The molecule has 1 unspecified atom stereocenters. The fourth-order valence-electron chi connectivity index (χ4n) is 3.07. The number of halogens is 2. The number of aromatic nitrogens is 1. The topological polar surface area (TPSA) is 80.5 Å². The Bertz CT molecular complexity index is 721. The van der Waals surface area contributed by atoms with Crippen LogP contribution in [-0.4, -0.2) is 55.2 Å². The highest BCUT2D eigenvalue weighted by Gasteiger charge is 2.23. The first kappa shape index (κ1) is 24.8. The summed E-state index contributed by atoms with van der Waals surface area (Å²) in [4.78, 5) is 19.2. The van der Waals surface area contributed by atoms with Crippen molar-refractivity contribution in [3.63, 3.8) is 0 Å². The zero-order chi connectivity index (χ0) is 18.4. The van der Waals surface area contributed by atoms with Crippen molar-refractivity contribution in [3.8, 4) is 0 Å². The first-order valence-corrected chi connectivity index (χ1v) is 9.86. The second-order valence-electron chi connectivity index (χ2n) is 6.45. The maximum Gasteiger partial charge on any atom is 0.270 e. The van der Waals surface area contributed by atoms with Gasteiger partial charge in [0.1, 0.15) is 5.69 Å². The van der Waals surface area contributed by atoms with Gasteiger partial charge in [0, 0.05) is 31.4 Å². The van der Waals surface area contributed by atoms with Gasteiger partial charge in [0.2, 0.25) is 0 Å². The maximum atomic E-state index is 12.5. The quantitative estimate of drug-likeness (QED) is 0.682. The van der Waals surface area contributed by atoms with Crippen molar-refractivity contribution in [3.05, 3.63) is 51.5 Å². The van der Waals surface area contributed by atoms with Crippen LogP contribution in [0.5, 0.6) is 0 Å². The third-order valence-electron chi connectivity index (χ3n) is 4.55. The van der Waals surface area contributed by atoms with Crippen LogP contribution in [0.2, 0.25) is 0 Å². The second-order valence-corrected chi connectivity index (χ2v) is 7.39. The smallest absolute Gasteiger partial charge is 0.270 e. The highest BCUT2D eigenvalue weighted by molar-refractivity contribution is 7.09. The SMILES string of the molecule is Cc1ccc(C(CNC(=O)c2csc(CCN)n2)N2CCOCC2)cc1.Cl.Cl. The summed E-state index contributed by atoms with van der Waals surface area (Å²) in [6.07, 6.45) is 0.706. The van der Waals surface area contributed by atoms with Gasteiger partial charge in [-0.3, -0.25) is 9.69 Å². The zero-order valence-corrected chi connectivity index (χ0v) is 18.4. The number of carbonyl (C=O) groups is 1. The lowest BCUT2D eigenvalue weighted by atomic mass is 10.0. The van der Waals surface area contributed by atoms with Crippen molar-refractivity contribution in [1.29, 1.82) is 0 Å². The summed E-state index contributed by atoms with van der Waals surface area (Å²) >= 11 is 1.48. The number of nitrogens with one attached hydrogen (secondary N) is 1. The summed E-state index contributed by atoms with van der Waals surface area (Å²) in [5.74, 6) is -0.130. The van der Waals surface area contributed by atoms with Gasteiger partial charge in [-0.15, -0.1) is 36.2 Å². The van der Waals surface area contributed by atoms with Gasteiger partial charge in [-0.25, -0.2) is 4.98 Å². The molecule has 156 valence electrons. The van der Waals surface area contributed by atoms with E-state index < -0.39 is 0 Å². The molecule has 0 radical (unpaired) electrons. The summed E-state index contributed by atoms with van der Waals surface area (Å²) in [7, 11) is 0. The van der Waals surface area contributed by atoms with E-state index in [4.69, 9.17) is 10.5 Å². The van der Waals surface area contributed by atoms with Crippen LogP contribution in [0.1, 0.15) is 32.7 Å². The van der Waals surface area contributed by atoms with Gasteiger partial charge in [-0.1, -0.05) is 29.8 Å². The van der Waals surface area contributed by atoms with Crippen LogP contribution in [0.4, 0.5) is 0 Å². The van der Waals surface area contributed by atoms with E-state index in [2.05, 4.69) is 46.4 Å². The lowest BCUT2D eigenvalue weighted by Crippen LogP contribution is -2.43. The second kappa shape index (κ2) is 12.4. The molecule has 1 saturated heterocycles. The molecule has 1 aliphatic rings. The summed E-state index contributed by atoms with van der Waals surface area (Å²) in [6, 6.07) is 8.65. The Hall–Kier alpha value is -1.22. The highest BCUT2D eigenvalue weighted by atomic mass is 35.5. The fraction of sp³-hybridized carbons (Fsp3) is 0.474. The molecule has 0 bridgehead atoms. The largest absolute Gasteiger partial charge is 0.379 e. The minimum absolute atomic E-state index is 0. The van der Waals surface area contributed by atoms with Crippen LogP contribution in [0.15, 0.2) is 29.6 Å². The maximum absolute atomic E-state index is 12.5. The van der Waals surface area contributed by atoms with Crippen molar-refractivity contribution in [2.45, 2.75) is 19.4 Å². The Labute approximate surface area is 182 Å². The molecule has 0 saturated carbocycles. The van der Waals surface area contributed by atoms with Crippen LogP contribution >= 0.6 is 36.2 Å². The predicted molar refractivity (Wildman–Crippen MR) is 118 cm³/mol. The monoisotopic (exact) mass is 446 g/mol. The van der Waals surface area contributed by atoms with Crippen molar-refractivity contribution in [1.82, 2.24) is 15.2 Å². The molecular formula is C19H28Cl2N4O2S. The number of rotatable bonds is 7. The Morgan fingerprint density at radius 3 is 2.61 bits per heavy atom. The lowest BCUT2D eigenvalue weighted by Gasteiger charge is -2.35. The Kier molecular flexibility index (Phi) is 11.0. The molecular weight excluding hydrogens is 419 g/mol. The first-order valence-electron chi connectivity index (χ1n) is 8.98. The van der Waals surface area contributed by atoms with Crippen molar-refractivity contribution in [2.24, 2.45) is 5.73 Å². The number of morpholine rings is 1. The van der Waals surface area contributed by atoms with Crippen LogP contribution in [0, 0.1) is 6.92 Å². The number of thiazole rings is 1. The molecule has 28 heavy (non-hydrogen) atoms. The van der Waals surface area contributed by atoms with E-state index >= 15 is 0 Å². The van der Waals surface area contributed by atoms with Gasteiger partial charge < -0.3 is 15.8 Å². The van der Waals surface area contributed by atoms with Crippen molar-refractivity contribution >= 4 is 42.1 Å². The number of ether oxygens (including phenoxy) is 1. The minimum atomic E-state index is -0.130. The number of amides is 1. The average Bonchev–Trinajstić information content (AvgIpc) is 3.13. The number of benzene rings is 1. The molecule has 1 aromatic carbocycles. The first-order chi connectivity index (χ1) is 12.7. The Morgan fingerprint density at radius 2 is 1.96 bits per heavy atom. The number of carbonyl (C=O) groups excluding carboxylic acids is 1. The van der Waals surface area contributed by atoms with Gasteiger partial charge in [-0.05, 0) is 19.0 Å². The van der Waals surface area contributed by atoms with E-state index in [1.54, 1.807) is 5.38 Å². The van der Waals surface area contributed by atoms with Crippen LogP contribution < -0.4 is 11.1 Å². The summed E-state index contributed by atoms with van der Waals surface area (Å²) in [6.45, 7) is 6.36. The van der Waals surface area contributed by atoms with Gasteiger partial charge in [0.25, 0.3) is 5.91 Å². The molecule has 3 N–H and O–H groups in total. The highest BCUT2D eigenvalue weighted by Crippen LogP contribution is 2.22. The third-order valence-corrected chi connectivity index (χ3v) is 5.46. The Balaban J connectivity index is 0.00000196. The van der Waals surface area contributed by atoms with Gasteiger partial charge in [0.15, 0.2) is 0 Å². The predicted octanol–water partition coefficient (Wildman–Crippen LogP) is 2.60. The molecule has 1 aliphatic heterocycles. The molecule has 1 aromatic heterocycles. The van der Waals surface area contributed by atoms with E-state index in [1.807, 2.05) is 0 Å². The molecule has 0 aliphatic carbocycles. The molecule has 1 amide bonds. The number of hydrogen-bond acceptors (Lipinski definition) is 6. The molecule has 1 fully saturated rings. The molecule has 6 nitrogen and oxygen atoms in total. The standard InChI is InChI=1S/C19H26N4O2S.2ClH/c1-14-2-4-15(5-3-14)17(23-8-10-25-11-9-23)12-21-19(24)16-13-26-18(22-16)6-7-20;;/h2-5,13,17H,6-12,20H2,1H3,(H,21,24);2*1H. The summed E-state index contributed by atoms with van der Waals surface area (Å²) in [5.41, 5.74) is 8.47. The number of nitrogens with zero attached hydrogens (tertiary/aromatic N) is 2. The number of nitrogens with two attached hydrogens (primary N) is 1. The molecule has 3 rings (SSSR count). The van der Waals surface area contributed by atoms with E-state index in [0.29, 0.717) is 25.2 Å². The number of aryl methyl sites for hydroxylation is 1. The third kappa shape index (κ3) is 6.69. The number of hydrogen-bond donors (Lipinski definition) is 2. The lowest BCUT2D eigenvalue weighted by molar-refractivity contribution is 0.0162. The van der Waals surface area contributed by atoms with Crippen LogP contribution in [0.3, 0.4) is 0 Å². The summed E-state index contributed by atoms with van der Waals surface area (Å²) < 4.78 is 5.48. The van der Waals surface area contributed by atoms with Gasteiger partial charge in [-0.2, -0.15) is 0 Å². The van der Waals surface area contributed by atoms with Gasteiger partial charge in [0.05, 0.1) is 24.3 Å².